The first-order valence-corrected chi connectivity index (χ1v) is 11.3. The van der Waals surface area contributed by atoms with Crippen LogP contribution in [0.1, 0.15) is 43.6 Å². The lowest BCUT2D eigenvalue weighted by Gasteiger charge is -2.37. The Morgan fingerprint density at radius 1 is 1.00 bits per heavy atom. The molecule has 8 heteroatoms. The fourth-order valence-electron chi connectivity index (χ4n) is 4.97. The third-order valence-corrected chi connectivity index (χ3v) is 6.74. The molecule has 3 N–H and O–H groups in total. The molecule has 5 nitrogen and oxygen atoms in total. The fourth-order valence-corrected chi connectivity index (χ4v) is 4.97. The van der Waals surface area contributed by atoms with Gasteiger partial charge in [-0.15, -0.1) is 0 Å². The van der Waals surface area contributed by atoms with Crippen molar-refractivity contribution in [2.24, 2.45) is 5.92 Å². The molecule has 1 aliphatic heterocycles. The molecule has 0 radical (unpaired) electrons. The number of H-pyrrole nitrogens is 1. The highest BCUT2D eigenvalue weighted by molar-refractivity contribution is 6.00. The number of carbonyl (C=O) groups is 2. The van der Waals surface area contributed by atoms with E-state index in [1.165, 1.54) is 18.2 Å². The normalized spacial score (nSPS) is 23.0. The summed E-state index contributed by atoms with van der Waals surface area (Å²) in [5.41, 5.74) is 2.25. The smallest absolute Gasteiger partial charge is 0.232 e. The molecule has 1 aromatic heterocycles. The van der Waals surface area contributed by atoms with Crippen molar-refractivity contribution >= 4 is 22.7 Å². The summed E-state index contributed by atoms with van der Waals surface area (Å²) in [6, 6.07) is 7.85. The number of halogens is 3. The summed E-state index contributed by atoms with van der Waals surface area (Å²) >= 11 is 0. The minimum atomic E-state index is -0.692. The lowest BCUT2D eigenvalue weighted by atomic mass is 9.74. The van der Waals surface area contributed by atoms with Crippen molar-refractivity contribution in [3.63, 3.8) is 0 Å². The Labute approximate surface area is 188 Å². The van der Waals surface area contributed by atoms with Gasteiger partial charge >= 0.3 is 0 Å². The Bertz CT molecular complexity index is 1220. The van der Waals surface area contributed by atoms with Gasteiger partial charge in [-0.1, -0.05) is 6.42 Å². The van der Waals surface area contributed by atoms with Crippen molar-refractivity contribution in [1.82, 2.24) is 15.6 Å². The van der Waals surface area contributed by atoms with Crippen LogP contribution in [0.25, 0.3) is 22.2 Å². The van der Waals surface area contributed by atoms with Crippen LogP contribution < -0.4 is 10.6 Å². The lowest BCUT2D eigenvalue weighted by molar-refractivity contribution is -0.135. The van der Waals surface area contributed by atoms with E-state index in [0.717, 1.165) is 24.5 Å². The quantitative estimate of drug-likeness (QED) is 0.506. The number of amides is 2. The third kappa shape index (κ3) is 4.10. The van der Waals surface area contributed by atoms with Crippen molar-refractivity contribution in [1.29, 1.82) is 0 Å². The maximum absolute atomic E-state index is 14.5. The number of hydrogen-bond acceptors (Lipinski definition) is 2. The molecule has 5 rings (SSSR count). The van der Waals surface area contributed by atoms with E-state index in [2.05, 4.69) is 15.6 Å². The number of carbonyl (C=O) groups excluding carboxylic acids is 2. The summed E-state index contributed by atoms with van der Waals surface area (Å²) in [7, 11) is 0. The van der Waals surface area contributed by atoms with Crippen LogP contribution in [-0.4, -0.2) is 29.4 Å². The van der Waals surface area contributed by atoms with Crippen LogP contribution in [0, 0.1) is 23.4 Å². The zero-order chi connectivity index (χ0) is 23.1. The molecule has 2 aliphatic rings. The minimum absolute atomic E-state index is 0.0479. The molecule has 33 heavy (non-hydrogen) atoms. The van der Waals surface area contributed by atoms with Crippen LogP contribution in [0.2, 0.25) is 0 Å². The van der Waals surface area contributed by atoms with Gasteiger partial charge in [0.1, 0.15) is 23.4 Å². The second kappa shape index (κ2) is 8.57. The zero-order valence-electron chi connectivity index (χ0n) is 17.9. The maximum atomic E-state index is 14.5. The summed E-state index contributed by atoms with van der Waals surface area (Å²) in [6.07, 6.45) is 3.38. The van der Waals surface area contributed by atoms with E-state index in [0.29, 0.717) is 42.5 Å². The molecule has 1 unspecified atom stereocenters. The standard InChI is InChI=1S/C25H24F3N3O2/c26-15-6-4-13(5-7-15)22-21(19-11-16(27)12-20(28)23(19)31-22)14-9-17(10-14)30-25(33)18-3-1-2-8-29-24(18)32/h4-7,11-12,14,17-18,31H,1-3,8-10H2,(H,29,32)(H,30,33)/t14-,17+,18?. The van der Waals surface area contributed by atoms with Crippen LogP contribution in [0.5, 0.6) is 0 Å². The molecule has 2 aromatic carbocycles. The van der Waals surface area contributed by atoms with Crippen molar-refractivity contribution in [3.05, 3.63) is 59.4 Å². The summed E-state index contributed by atoms with van der Waals surface area (Å²) < 4.78 is 42.0. The number of nitrogens with one attached hydrogen (secondary N) is 3. The first kappa shape index (κ1) is 21.6. The third-order valence-electron chi connectivity index (χ3n) is 6.74. The van der Waals surface area contributed by atoms with Gasteiger partial charge in [-0.25, -0.2) is 13.2 Å². The molecule has 0 bridgehead atoms. The van der Waals surface area contributed by atoms with Gasteiger partial charge in [0.05, 0.1) is 11.2 Å². The Balaban J connectivity index is 1.40. The summed E-state index contributed by atoms with van der Waals surface area (Å²) in [6.45, 7) is 0.591. The Morgan fingerprint density at radius 2 is 1.76 bits per heavy atom. The van der Waals surface area contributed by atoms with Gasteiger partial charge < -0.3 is 15.6 Å². The monoisotopic (exact) mass is 455 g/mol. The number of rotatable bonds is 4. The van der Waals surface area contributed by atoms with Gasteiger partial charge in [-0.3, -0.25) is 9.59 Å². The van der Waals surface area contributed by atoms with Gasteiger partial charge in [-0.2, -0.15) is 0 Å². The molecule has 0 spiro atoms. The van der Waals surface area contributed by atoms with Gasteiger partial charge in [0.15, 0.2) is 0 Å². The SMILES string of the molecule is O=C1NCCCCC1C(=O)N[C@H]1C[C@@H](c2c(-c3ccc(F)cc3)[nH]c3c(F)cc(F)cc32)C1. The molecule has 2 heterocycles. The summed E-state index contributed by atoms with van der Waals surface area (Å²) in [4.78, 5) is 27.9. The molecule has 172 valence electrons. The second-order valence-electron chi connectivity index (χ2n) is 8.94. The summed E-state index contributed by atoms with van der Waals surface area (Å²) in [5.74, 6) is -2.99. The molecule has 1 aliphatic carbocycles. The Hall–Kier alpha value is -3.29. The van der Waals surface area contributed by atoms with Gasteiger partial charge in [0.2, 0.25) is 11.8 Å². The van der Waals surface area contributed by atoms with E-state index in [1.54, 1.807) is 12.1 Å². The molecule has 3 aromatic rings. The first-order chi connectivity index (χ1) is 15.9. The van der Waals surface area contributed by atoms with E-state index >= 15 is 0 Å². The highest BCUT2D eigenvalue weighted by atomic mass is 19.1. The molecule has 2 amide bonds. The van der Waals surface area contributed by atoms with Crippen molar-refractivity contribution in [2.75, 3.05) is 6.54 Å². The van der Waals surface area contributed by atoms with Crippen LogP contribution >= 0.6 is 0 Å². The summed E-state index contributed by atoms with van der Waals surface area (Å²) in [5, 5.41) is 6.19. The largest absolute Gasteiger partial charge is 0.355 e. The minimum Gasteiger partial charge on any atom is -0.355 e. The first-order valence-electron chi connectivity index (χ1n) is 11.3. The Kier molecular flexibility index (Phi) is 5.60. The van der Waals surface area contributed by atoms with Crippen molar-refractivity contribution < 1.29 is 22.8 Å². The van der Waals surface area contributed by atoms with Gasteiger partial charge in [0.25, 0.3) is 0 Å². The van der Waals surface area contributed by atoms with Gasteiger partial charge in [-0.05, 0) is 73.1 Å². The van der Waals surface area contributed by atoms with E-state index in [-0.39, 0.29) is 35.1 Å². The van der Waals surface area contributed by atoms with Gasteiger partial charge in [0, 0.05) is 24.0 Å². The molecule has 1 atom stereocenters. The van der Waals surface area contributed by atoms with Crippen LogP contribution in [0.3, 0.4) is 0 Å². The predicted molar refractivity (Wildman–Crippen MR) is 118 cm³/mol. The molecule has 1 saturated heterocycles. The van der Waals surface area contributed by atoms with Crippen molar-refractivity contribution in [3.8, 4) is 11.3 Å². The fraction of sp³-hybridized carbons (Fsp3) is 0.360. The molecule has 1 saturated carbocycles. The Morgan fingerprint density at radius 3 is 2.52 bits per heavy atom. The average molecular weight is 455 g/mol. The predicted octanol–water partition coefficient (Wildman–Crippen LogP) is 4.53. The highest BCUT2D eigenvalue weighted by Crippen LogP contribution is 2.45. The number of aromatic nitrogens is 1. The van der Waals surface area contributed by atoms with Crippen LogP contribution in [-0.2, 0) is 9.59 Å². The second-order valence-corrected chi connectivity index (χ2v) is 8.94. The number of aromatic amines is 1. The average Bonchev–Trinajstić information content (AvgIpc) is 2.97. The number of hydrogen-bond donors (Lipinski definition) is 3. The highest BCUT2D eigenvalue weighted by Gasteiger charge is 2.37. The number of benzene rings is 2. The molecular weight excluding hydrogens is 431 g/mol. The topological polar surface area (TPSA) is 74.0 Å². The van der Waals surface area contributed by atoms with Crippen LogP contribution in [0.4, 0.5) is 13.2 Å². The van der Waals surface area contributed by atoms with E-state index < -0.39 is 17.6 Å². The van der Waals surface area contributed by atoms with E-state index in [4.69, 9.17) is 0 Å². The van der Waals surface area contributed by atoms with E-state index in [1.807, 2.05) is 0 Å². The number of fused-ring (bicyclic) bond motifs is 1. The maximum Gasteiger partial charge on any atom is 0.232 e. The van der Waals surface area contributed by atoms with Crippen LogP contribution in [0.15, 0.2) is 36.4 Å². The van der Waals surface area contributed by atoms with E-state index in [9.17, 15) is 22.8 Å². The lowest BCUT2D eigenvalue weighted by Crippen LogP contribution is -2.48. The molecule has 2 fully saturated rings. The molecular formula is C25H24F3N3O2. The zero-order valence-corrected chi connectivity index (χ0v) is 17.9. The van der Waals surface area contributed by atoms with Crippen molar-refractivity contribution in [2.45, 2.75) is 44.1 Å².